The van der Waals surface area contributed by atoms with Crippen molar-refractivity contribution >= 4 is 22.2 Å². The molecule has 5 heterocycles. The van der Waals surface area contributed by atoms with Crippen LogP contribution in [0.25, 0.3) is 33.4 Å². The molecule has 4 aromatic heterocycles. The molecule has 0 atom stereocenters. The van der Waals surface area contributed by atoms with Crippen molar-refractivity contribution in [3.63, 3.8) is 0 Å². The third-order valence-electron chi connectivity index (χ3n) is 8.37. The lowest BCUT2D eigenvalue weighted by molar-refractivity contribution is 0.489. The van der Waals surface area contributed by atoms with Crippen LogP contribution >= 0.6 is 0 Å². The minimum absolute atomic E-state index is 0.756. The molecule has 0 saturated heterocycles. The fraction of sp³-hybridized carbons (Fsp3) is 0.314. The number of nitrogens with one attached hydrogen (secondary N) is 3. The van der Waals surface area contributed by atoms with Gasteiger partial charge in [-0.05, 0) is 93.1 Å². The molecule has 0 bridgehead atoms. The lowest BCUT2D eigenvalue weighted by Crippen LogP contribution is -2.24. The molecule has 7 heteroatoms. The van der Waals surface area contributed by atoms with E-state index in [0.717, 1.165) is 81.6 Å². The molecule has 0 unspecified atom stereocenters. The third kappa shape index (κ3) is 5.83. The molecule has 1 aliphatic carbocycles. The SMILES string of the molecule is C/C=C(/C=C1/C(c2nc3c(-c4cccnc4)nccc3[nH]2)=C(C)CN/C1=C/C)c1cncc(CNCC2CCCC2)c1. The number of hydrogen-bond acceptors (Lipinski definition) is 6. The van der Waals surface area contributed by atoms with E-state index < -0.39 is 0 Å². The zero-order valence-electron chi connectivity index (χ0n) is 24.7. The Kier molecular flexibility index (Phi) is 8.38. The number of imidazole rings is 1. The summed E-state index contributed by atoms with van der Waals surface area (Å²) in [6, 6.07) is 8.19. The van der Waals surface area contributed by atoms with Gasteiger partial charge in [0.2, 0.25) is 0 Å². The number of aromatic amines is 1. The zero-order chi connectivity index (χ0) is 28.9. The third-order valence-corrected chi connectivity index (χ3v) is 8.37. The molecule has 0 amide bonds. The van der Waals surface area contributed by atoms with Gasteiger partial charge in [-0.15, -0.1) is 0 Å². The Hall–Kier alpha value is -4.36. The van der Waals surface area contributed by atoms with Crippen molar-refractivity contribution in [2.24, 2.45) is 5.92 Å². The van der Waals surface area contributed by atoms with E-state index in [9.17, 15) is 0 Å². The van der Waals surface area contributed by atoms with Crippen molar-refractivity contribution in [2.75, 3.05) is 13.1 Å². The van der Waals surface area contributed by atoms with Gasteiger partial charge < -0.3 is 15.6 Å². The normalized spacial score (nSPS) is 18.4. The number of fused-ring (bicyclic) bond motifs is 1. The number of allylic oxidation sites excluding steroid dienone is 5. The Bertz CT molecular complexity index is 1680. The zero-order valence-corrected chi connectivity index (χ0v) is 24.7. The first-order valence-corrected chi connectivity index (χ1v) is 15.0. The Morgan fingerprint density at radius 2 is 1.95 bits per heavy atom. The number of aromatic nitrogens is 5. The highest BCUT2D eigenvalue weighted by Crippen LogP contribution is 2.36. The van der Waals surface area contributed by atoms with Crippen LogP contribution in [-0.2, 0) is 6.54 Å². The molecule has 1 saturated carbocycles. The molecule has 42 heavy (non-hydrogen) atoms. The summed E-state index contributed by atoms with van der Waals surface area (Å²) < 4.78 is 0. The van der Waals surface area contributed by atoms with Crippen LogP contribution in [0, 0.1) is 5.92 Å². The monoisotopic (exact) mass is 557 g/mol. The largest absolute Gasteiger partial charge is 0.381 e. The minimum Gasteiger partial charge on any atom is -0.381 e. The molecular formula is C35H39N7. The summed E-state index contributed by atoms with van der Waals surface area (Å²) in [5, 5.41) is 7.27. The van der Waals surface area contributed by atoms with E-state index in [-0.39, 0.29) is 0 Å². The lowest BCUT2D eigenvalue weighted by Gasteiger charge is -2.25. The first-order valence-electron chi connectivity index (χ1n) is 15.0. The van der Waals surface area contributed by atoms with Crippen molar-refractivity contribution < 1.29 is 0 Å². The highest BCUT2D eigenvalue weighted by Gasteiger charge is 2.24. The van der Waals surface area contributed by atoms with E-state index in [1.807, 2.05) is 43.0 Å². The average molecular weight is 558 g/mol. The van der Waals surface area contributed by atoms with Gasteiger partial charge in [0.05, 0.1) is 11.2 Å². The summed E-state index contributed by atoms with van der Waals surface area (Å²) in [7, 11) is 0. The summed E-state index contributed by atoms with van der Waals surface area (Å²) in [6.45, 7) is 9.01. The highest BCUT2D eigenvalue weighted by molar-refractivity contribution is 5.95. The second-order valence-electron chi connectivity index (χ2n) is 11.3. The fourth-order valence-electron chi connectivity index (χ4n) is 6.15. The van der Waals surface area contributed by atoms with Gasteiger partial charge in [-0.2, -0.15) is 0 Å². The van der Waals surface area contributed by atoms with E-state index in [2.05, 4.69) is 75.6 Å². The van der Waals surface area contributed by atoms with Crippen molar-refractivity contribution in [3.8, 4) is 11.3 Å². The predicted octanol–water partition coefficient (Wildman–Crippen LogP) is 7.01. The van der Waals surface area contributed by atoms with Gasteiger partial charge in [0.15, 0.2) is 0 Å². The molecular weight excluding hydrogens is 518 g/mol. The van der Waals surface area contributed by atoms with Crippen molar-refractivity contribution in [2.45, 2.75) is 53.0 Å². The molecule has 2 aliphatic rings. The smallest absolute Gasteiger partial charge is 0.139 e. The minimum atomic E-state index is 0.756. The molecule has 214 valence electrons. The van der Waals surface area contributed by atoms with Gasteiger partial charge in [0.25, 0.3) is 0 Å². The Morgan fingerprint density at radius 3 is 2.74 bits per heavy atom. The summed E-state index contributed by atoms with van der Waals surface area (Å²) in [5.74, 6) is 1.66. The van der Waals surface area contributed by atoms with E-state index >= 15 is 0 Å². The summed E-state index contributed by atoms with van der Waals surface area (Å²) in [4.78, 5) is 22.3. The van der Waals surface area contributed by atoms with Crippen molar-refractivity contribution in [3.05, 3.63) is 107 Å². The van der Waals surface area contributed by atoms with Gasteiger partial charge >= 0.3 is 0 Å². The molecule has 1 fully saturated rings. The summed E-state index contributed by atoms with van der Waals surface area (Å²) >= 11 is 0. The fourth-order valence-corrected chi connectivity index (χ4v) is 6.15. The molecule has 0 aromatic carbocycles. The first kappa shape index (κ1) is 27.8. The van der Waals surface area contributed by atoms with Crippen molar-refractivity contribution in [1.82, 2.24) is 35.6 Å². The van der Waals surface area contributed by atoms with Crippen LogP contribution in [0.15, 0.2) is 90.3 Å². The van der Waals surface area contributed by atoms with Crippen LogP contribution < -0.4 is 10.6 Å². The van der Waals surface area contributed by atoms with E-state index in [1.54, 1.807) is 6.20 Å². The van der Waals surface area contributed by atoms with Gasteiger partial charge in [-0.1, -0.05) is 25.0 Å². The van der Waals surface area contributed by atoms with E-state index in [1.165, 1.54) is 36.8 Å². The number of nitrogens with zero attached hydrogens (tertiary/aromatic N) is 4. The topological polar surface area (TPSA) is 91.4 Å². The lowest BCUT2D eigenvalue weighted by atomic mass is 9.90. The predicted molar refractivity (Wildman–Crippen MR) is 171 cm³/mol. The van der Waals surface area contributed by atoms with Crippen molar-refractivity contribution in [1.29, 1.82) is 0 Å². The van der Waals surface area contributed by atoms with Gasteiger partial charge in [-0.25, -0.2) is 4.98 Å². The highest BCUT2D eigenvalue weighted by atomic mass is 15.0. The molecule has 1 aliphatic heterocycles. The second-order valence-corrected chi connectivity index (χ2v) is 11.3. The number of rotatable bonds is 8. The van der Waals surface area contributed by atoms with E-state index in [0.29, 0.717) is 0 Å². The van der Waals surface area contributed by atoms with Gasteiger partial charge in [-0.3, -0.25) is 15.0 Å². The van der Waals surface area contributed by atoms with Crippen LogP contribution in [0.3, 0.4) is 0 Å². The maximum atomic E-state index is 5.13. The number of H-pyrrole nitrogens is 1. The van der Waals surface area contributed by atoms with Crippen LogP contribution in [0.2, 0.25) is 0 Å². The van der Waals surface area contributed by atoms with Gasteiger partial charge in [0.1, 0.15) is 11.3 Å². The molecule has 3 N–H and O–H groups in total. The molecule has 0 radical (unpaired) electrons. The molecule has 0 spiro atoms. The molecule has 4 aromatic rings. The molecule has 7 nitrogen and oxygen atoms in total. The standard InChI is InChI=1S/C35H39N7/c1-4-26(28-15-25(20-38-22-28)19-37-18-24-9-6-7-10-24)16-29-30(5-2)40-17-23(3)32(29)35-41-31-12-14-39-33(34(31)42-35)27-11-8-13-36-21-27/h4-5,8,11-16,20-22,24,37,40H,6-7,9-10,17-19H2,1-3H3,(H,41,42)/b26-4-,29-16+,30-5+. The maximum absolute atomic E-state index is 5.13. The Balaban J connectivity index is 1.35. The first-order chi connectivity index (χ1) is 20.6. The summed E-state index contributed by atoms with van der Waals surface area (Å²) in [6.07, 6.45) is 21.4. The number of pyridine rings is 3. The van der Waals surface area contributed by atoms with Crippen LogP contribution in [-0.4, -0.2) is 38.0 Å². The van der Waals surface area contributed by atoms with Crippen LogP contribution in [0.5, 0.6) is 0 Å². The number of hydrogen-bond donors (Lipinski definition) is 3. The second kappa shape index (κ2) is 12.7. The van der Waals surface area contributed by atoms with Crippen LogP contribution in [0.4, 0.5) is 0 Å². The Labute approximate surface area is 248 Å². The maximum Gasteiger partial charge on any atom is 0.139 e. The van der Waals surface area contributed by atoms with Gasteiger partial charge in [0, 0.05) is 72.0 Å². The summed E-state index contributed by atoms with van der Waals surface area (Å²) in [5.41, 5.74) is 11.5. The average Bonchev–Trinajstić information content (AvgIpc) is 3.70. The molecule has 6 rings (SSSR count). The van der Waals surface area contributed by atoms with Crippen LogP contribution in [0.1, 0.15) is 63.4 Å². The Morgan fingerprint density at radius 1 is 1.07 bits per heavy atom. The quantitative estimate of drug-likeness (QED) is 0.216. The van der Waals surface area contributed by atoms with E-state index in [4.69, 9.17) is 4.98 Å².